The summed E-state index contributed by atoms with van der Waals surface area (Å²) in [6.45, 7) is 4.98. The molecular formula is C16H18FN. The van der Waals surface area contributed by atoms with Crippen molar-refractivity contribution in [1.29, 1.82) is 0 Å². The molecule has 94 valence electrons. The van der Waals surface area contributed by atoms with Gasteiger partial charge in [-0.15, -0.1) is 0 Å². The molecule has 0 saturated heterocycles. The highest BCUT2D eigenvalue weighted by Crippen LogP contribution is 2.14. The SMILES string of the molecule is Cc1cccc(C(C)NCc2ccc(F)cc2)c1. The summed E-state index contributed by atoms with van der Waals surface area (Å²) in [5.41, 5.74) is 3.64. The predicted octanol–water partition coefficient (Wildman–Crippen LogP) is 3.98. The second-order valence-corrected chi connectivity index (χ2v) is 4.64. The number of benzene rings is 2. The largest absolute Gasteiger partial charge is 0.306 e. The van der Waals surface area contributed by atoms with Gasteiger partial charge in [0.1, 0.15) is 5.82 Å². The Morgan fingerprint density at radius 1 is 1.11 bits per heavy atom. The average Bonchev–Trinajstić information content (AvgIpc) is 2.38. The van der Waals surface area contributed by atoms with Crippen molar-refractivity contribution in [3.05, 3.63) is 71.0 Å². The van der Waals surface area contributed by atoms with Gasteiger partial charge in [0, 0.05) is 12.6 Å². The van der Waals surface area contributed by atoms with Gasteiger partial charge in [0.05, 0.1) is 0 Å². The average molecular weight is 243 g/mol. The smallest absolute Gasteiger partial charge is 0.123 e. The normalized spacial score (nSPS) is 12.4. The number of halogens is 1. The number of nitrogens with one attached hydrogen (secondary N) is 1. The van der Waals surface area contributed by atoms with E-state index < -0.39 is 0 Å². The molecule has 0 aromatic heterocycles. The van der Waals surface area contributed by atoms with Crippen molar-refractivity contribution in [3.8, 4) is 0 Å². The molecule has 1 atom stereocenters. The first kappa shape index (κ1) is 12.8. The molecule has 0 radical (unpaired) electrons. The lowest BCUT2D eigenvalue weighted by atomic mass is 10.1. The van der Waals surface area contributed by atoms with Gasteiger partial charge in [-0.1, -0.05) is 42.0 Å². The van der Waals surface area contributed by atoms with E-state index in [4.69, 9.17) is 0 Å². The fraction of sp³-hybridized carbons (Fsp3) is 0.250. The minimum Gasteiger partial charge on any atom is -0.306 e. The summed E-state index contributed by atoms with van der Waals surface area (Å²) >= 11 is 0. The number of aryl methyl sites for hydroxylation is 1. The minimum absolute atomic E-state index is 0.189. The lowest BCUT2D eigenvalue weighted by molar-refractivity contribution is 0.572. The maximum atomic E-state index is 12.8. The van der Waals surface area contributed by atoms with Gasteiger partial charge in [0.2, 0.25) is 0 Å². The van der Waals surface area contributed by atoms with Crippen LogP contribution in [-0.2, 0) is 6.54 Å². The topological polar surface area (TPSA) is 12.0 Å². The third-order valence-electron chi connectivity index (χ3n) is 3.07. The zero-order valence-corrected chi connectivity index (χ0v) is 10.8. The highest BCUT2D eigenvalue weighted by molar-refractivity contribution is 5.25. The van der Waals surface area contributed by atoms with Crippen molar-refractivity contribution >= 4 is 0 Å². The predicted molar refractivity (Wildman–Crippen MR) is 72.8 cm³/mol. The van der Waals surface area contributed by atoms with Crippen LogP contribution in [0.4, 0.5) is 4.39 Å². The van der Waals surface area contributed by atoms with Gasteiger partial charge < -0.3 is 5.32 Å². The molecule has 18 heavy (non-hydrogen) atoms. The standard InChI is InChI=1S/C16H18FN/c1-12-4-3-5-15(10-12)13(2)18-11-14-6-8-16(17)9-7-14/h3-10,13,18H,11H2,1-2H3. The Balaban J connectivity index is 1.96. The summed E-state index contributed by atoms with van der Waals surface area (Å²) < 4.78 is 12.8. The van der Waals surface area contributed by atoms with Crippen LogP contribution in [0.5, 0.6) is 0 Å². The first-order chi connectivity index (χ1) is 8.65. The van der Waals surface area contributed by atoms with Gasteiger partial charge >= 0.3 is 0 Å². The molecule has 2 aromatic carbocycles. The fourth-order valence-electron chi connectivity index (χ4n) is 1.93. The van der Waals surface area contributed by atoms with Crippen LogP contribution in [0.2, 0.25) is 0 Å². The first-order valence-electron chi connectivity index (χ1n) is 6.19. The molecule has 0 aliphatic heterocycles. The summed E-state index contributed by atoms with van der Waals surface area (Å²) in [5.74, 6) is -0.189. The lowest BCUT2D eigenvalue weighted by Crippen LogP contribution is -2.18. The van der Waals surface area contributed by atoms with E-state index in [0.717, 1.165) is 12.1 Å². The molecule has 1 N–H and O–H groups in total. The maximum absolute atomic E-state index is 12.8. The summed E-state index contributed by atoms with van der Waals surface area (Å²) in [6.07, 6.45) is 0. The molecule has 0 bridgehead atoms. The van der Waals surface area contributed by atoms with Gasteiger partial charge in [0.15, 0.2) is 0 Å². The quantitative estimate of drug-likeness (QED) is 0.856. The van der Waals surface area contributed by atoms with Crippen molar-refractivity contribution in [1.82, 2.24) is 5.32 Å². The maximum Gasteiger partial charge on any atom is 0.123 e. The van der Waals surface area contributed by atoms with Crippen LogP contribution in [0.3, 0.4) is 0 Å². The second kappa shape index (κ2) is 5.78. The van der Waals surface area contributed by atoms with Crippen LogP contribution in [0.1, 0.15) is 29.7 Å². The molecule has 0 amide bonds. The van der Waals surface area contributed by atoms with Crippen LogP contribution < -0.4 is 5.32 Å². The van der Waals surface area contributed by atoms with Gasteiger partial charge in [-0.25, -0.2) is 4.39 Å². The van der Waals surface area contributed by atoms with Gasteiger partial charge in [-0.3, -0.25) is 0 Å². The van der Waals surface area contributed by atoms with E-state index in [-0.39, 0.29) is 11.9 Å². The van der Waals surface area contributed by atoms with E-state index in [0.29, 0.717) is 0 Å². The molecule has 0 saturated carbocycles. The van der Waals surface area contributed by atoms with Crippen molar-refractivity contribution in [2.75, 3.05) is 0 Å². The third kappa shape index (κ3) is 3.41. The summed E-state index contributed by atoms with van der Waals surface area (Å²) in [7, 11) is 0. The number of hydrogen-bond donors (Lipinski definition) is 1. The van der Waals surface area contributed by atoms with E-state index in [9.17, 15) is 4.39 Å². The van der Waals surface area contributed by atoms with Crippen molar-refractivity contribution in [2.24, 2.45) is 0 Å². The Labute approximate surface area is 108 Å². The Hall–Kier alpha value is -1.67. The Morgan fingerprint density at radius 2 is 1.83 bits per heavy atom. The van der Waals surface area contributed by atoms with Gasteiger partial charge in [0.25, 0.3) is 0 Å². The Bertz CT molecular complexity index is 505. The fourth-order valence-corrected chi connectivity index (χ4v) is 1.93. The second-order valence-electron chi connectivity index (χ2n) is 4.64. The number of rotatable bonds is 4. The lowest BCUT2D eigenvalue weighted by Gasteiger charge is -2.15. The molecule has 2 aromatic rings. The molecule has 0 heterocycles. The van der Waals surface area contributed by atoms with Crippen LogP contribution in [0.25, 0.3) is 0 Å². The molecular weight excluding hydrogens is 225 g/mol. The zero-order chi connectivity index (χ0) is 13.0. The summed E-state index contributed by atoms with van der Waals surface area (Å²) in [4.78, 5) is 0. The van der Waals surface area contributed by atoms with Crippen molar-refractivity contribution < 1.29 is 4.39 Å². The first-order valence-corrected chi connectivity index (χ1v) is 6.19. The van der Waals surface area contributed by atoms with Crippen LogP contribution in [-0.4, -0.2) is 0 Å². The summed E-state index contributed by atoms with van der Waals surface area (Å²) in [5, 5.41) is 3.44. The molecule has 1 unspecified atom stereocenters. The highest BCUT2D eigenvalue weighted by Gasteiger charge is 2.04. The monoisotopic (exact) mass is 243 g/mol. The van der Waals surface area contributed by atoms with Gasteiger partial charge in [-0.2, -0.15) is 0 Å². The van der Waals surface area contributed by atoms with E-state index in [1.54, 1.807) is 0 Å². The minimum atomic E-state index is -0.189. The molecule has 2 rings (SSSR count). The molecule has 1 nitrogen and oxygen atoms in total. The third-order valence-corrected chi connectivity index (χ3v) is 3.07. The molecule has 0 aliphatic rings. The van der Waals surface area contributed by atoms with E-state index >= 15 is 0 Å². The van der Waals surface area contributed by atoms with E-state index in [2.05, 4.69) is 43.4 Å². The van der Waals surface area contributed by atoms with E-state index in [1.807, 2.05) is 12.1 Å². The molecule has 0 fully saturated rings. The molecule has 0 aliphatic carbocycles. The Morgan fingerprint density at radius 3 is 2.50 bits per heavy atom. The van der Waals surface area contributed by atoms with Crippen LogP contribution in [0.15, 0.2) is 48.5 Å². The van der Waals surface area contributed by atoms with Crippen molar-refractivity contribution in [2.45, 2.75) is 26.4 Å². The summed E-state index contributed by atoms with van der Waals surface area (Å²) in [6, 6.07) is 15.4. The van der Waals surface area contributed by atoms with Crippen LogP contribution >= 0.6 is 0 Å². The molecule has 0 spiro atoms. The van der Waals surface area contributed by atoms with E-state index in [1.165, 1.54) is 23.3 Å². The van der Waals surface area contributed by atoms with Crippen molar-refractivity contribution in [3.63, 3.8) is 0 Å². The number of hydrogen-bond acceptors (Lipinski definition) is 1. The van der Waals surface area contributed by atoms with Crippen LogP contribution in [0, 0.1) is 12.7 Å². The zero-order valence-electron chi connectivity index (χ0n) is 10.8. The van der Waals surface area contributed by atoms with Gasteiger partial charge in [-0.05, 0) is 37.1 Å². The Kier molecular flexibility index (Phi) is 4.11. The molecule has 2 heteroatoms. The highest BCUT2D eigenvalue weighted by atomic mass is 19.1.